The van der Waals surface area contributed by atoms with Crippen LogP contribution in [-0.2, 0) is 11.3 Å². The van der Waals surface area contributed by atoms with Crippen molar-refractivity contribution in [3.05, 3.63) is 70.7 Å². The predicted octanol–water partition coefficient (Wildman–Crippen LogP) is 4.28. The van der Waals surface area contributed by atoms with E-state index in [1.807, 2.05) is 35.2 Å². The Morgan fingerprint density at radius 3 is 2.63 bits per heavy atom. The molecule has 2 saturated heterocycles. The highest BCUT2D eigenvalue weighted by Crippen LogP contribution is 2.42. The standard InChI is InChI=1S/C24H24ClN3O2/c25-20-8-4-7-18(11-20)24(30)27(14-17-5-2-1-3-6-17)15-22(29)13-19-12-21-9-10-23(19)28(21)16-26/h1-8,11,19,21,23H,9-10,12-15H2/t19-,21-,23+/m0/s1. The number of nitriles is 1. The highest BCUT2D eigenvalue weighted by Gasteiger charge is 2.46. The molecule has 2 aliphatic rings. The number of nitrogens with zero attached hydrogens (tertiary/aromatic N) is 3. The quantitative estimate of drug-likeness (QED) is 0.626. The number of amides is 1. The lowest BCUT2D eigenvalue weighted by atomic mass is 9.85. The molecular weight excluding hydrogens is 398 g/mol. The number of benzene rings is 2. The Morgan fingerprint density at radius 1 is 1.13 bits per heavy atom. The molecule has 2 fully saturated rings. The summed E-state index contributed by atoms with van der Waals surface area (Å²) in [5.41, 5.74) is 1.44. The van der Waals surface area contributed by atoms with Gasteiger partial charge < -0.3 is 9.80 Å². The Hall–Kier alpha value is -2.84. The van der Waals surface area contributed by atoms with Crippen molar-refractivity contribution in [1.82, 2.24) is 9.80 Å². The SMILES string of the molecule is N#CN1[C@H]2CC[C@@H]1[C@H](CC(=O)CN(Cc1ccccc1)C(=O)c1cccc(Cl)c1)C2. The summed E-state index contributed by atoms with van der Waals surface area (Å²) in [6.07, 6.45) is 5.61. The zero-order chi connectivity index (χ0) is 21.1. The monoisotopic (exact) mass is 421 g/mol. The first-order valence-corrected chi connectivity index (χ1v) is 10.7. The Labute approximate surface area is 181 Å². The van der Waals surface area contributed by atoms with Crippen LogP contribution in [0.1, 0.15) is 41.6 Å². The molecule has 2 aromatic carbocycles. The molecule has 2 aromatic rings. The number of carbonyl (C=O) groups excluding carboxylic acids is 2. The van der Waals surface area contributed by atoms with Gasteiger partial charge in [0.2, 0.25) is 0 Å². The number of hydrogen-bond donors (Lipinski definition) is 0. The normalized spacial score (nSPS) is 22.0. The van der Waals surface area contributed by atoms with E-state index in [9.17, 15) is 14.9 Å². The smallest absolute Gasteiger partial charge is 0.254 e. The van der Waals surface area contributed by atoms with Gasteiger partial charge in [-0.25, -0.2) is 0 Å². The maximum atomic E-state index is 13.2. The predicted molar refractivity (Wildman–Crippen MR) is 115 cm³/mol. The summed E-state index contributed by atoms with van der Waals surface area (Å²) in [4.78, 5) is 29.6. The lowest BCUT2D eigenvalue weighted by Crippen LogP contribution is -2.36. The van der Waals surface area contributed by atoms with Gasteiger partial charge in [-0.05, 0) is 48.9 Å². The number of rotatable bonds is 7. The maximum absolute atomic E-state index is 13.2. The van der Waals surface area contributed by atoms with Crippen molar-refractivity contribution in [1.29, 1.82) is 5.26 Å². The van der Waals surface area contributed by atoms with Crippen LogP contribution in [0.15, 0.2) is 54.6 Å². The molecule has 6 heteroatoms. The molecule has 1 amide bonds. The number of halogens is 1. The first kappa shape index (κ1) is 20.4. The number of carbonyl (C=O) groups is 2. The summed E-state index contributed by atoms with van der Waals surface area (Å²) in [5.74, 6) is 0.0359. The van der Waals surface area contributed by atoms with Crippen molar-refractivity contribution >= 4 is 23.3 Å². The Balaban J connectivity index is 1.47. The van der Waals surface area contributed by atoms with Crippen LogP contribution in [0, 0.1) is 17.4 Å². The summed E-state index contributed by atoms with van der Waals surface area (Å²) >= 11 is 6.07. The molecule has 154 valence electrons. The Bertz CT molecular complexity index is 972. The molecule has 4 rings (SSSR count). The van der Waals surface area contributed by atoms with E-state index >= 15 is 0 Å². The van der Waals surface area contributed by atoms with Crippen LogP contribution < -0.4 is 0 Å². The molecule has 3 atom stereocenters. The largest absolute Gasteiger partial charge is 0.327 e. The van der Waals surface area contributed by atoms with Gasteiger partial charge in [0.05, 0.1) is 6.54 Å². The number of fused-ring (bicyclic) bond motifs is 2. The minimum atomic E-state index is -0.207. The highest BCUT2D eigenvalue weighted by atomic mass is 35.5. The van der Waals surface area contributed by atoms with Gasteiger partial charge in [-0.15, -0.1) is 0 Å². The van der Waals surface area contributed by atoms with Gasteiger partial charge in [0.1, 0.15) is 0 Å². The summed E-state index contributed by atoms with van der Waals surface area (Å²) in [6.45, 7) is 0.416. The minimum absolute atomic E-state index is 0.0387. The molecule has 0 aromatic heterocycles. The Kier molecular flexibility index (Phi) is 6.06. The third kappa shape index (κ3) is 4.34. The lowest BCUT2D eigenvalue weighted by Gasteiger charge is -2.25. The first-order valence-electron chi connectivity index (χ1n) is 10.3. The van der Waals surface area contributed by atoms with E-state index in [4.69, 9.17) is 11.6 Å². The van der Waals surface area contributed by atoms with Gasteiger partial charge in [0.15, 0.2) is 12.0 Å². The molecule has 0 aliphatic carbocycles. The summed E-state index contributed by atoms with van der Waals surface area (Å²) in [6, 6.07) is 16.9. The molecule has 0 unspecified atom stereocenters. The van der Waals surface area contributed by atoms with Crippen molar-refractivity contribution in [3.63, 3.8) is 0 Å². The van der Waals surface area contributed by atoms with E-state index in [2.05, 4.69) is 6.19 Å². The second-order valence-corrected chi connectivity index (χ2v) is 8.64. The third-order valence-electron chi connectivity index (χ3n) is 6.21. The zero-order valence-corrected chi connectivity index (χ0v) is 17.5. The molecule has 2 aliphatic heterocycles. The molecule has 0 N–H and O–H groups in total. The maximum Gasteiger partial charge on any atom is 0.254 e. The van der Waals surface area contributed by atoms with Gasteiger partial charge >= 0.3 is 0 Å². The molecule has 0 saturated carbocycles. The summed E-state index contributed by atoms with van der Waals surface area (Å²) in [5, 5.41) is 9.85. The molecule has 2 heterocycles. The highest BCUT2D eigenvalue weighted by molar-refractivity contribution is 6.31. The molecule has 0 spiro atoms. The summed E-state index contributed by atoms with van der Waals surface area (Å²) in [7, 11) is 0. The molecule has 2 bridgehead atoms. The van der Waals surface area contributed by atoms with Crippen molar-refractivity contribution in [2.24, 2.45) is 5.92 Å². The minimum Gasteiger partial charge on any atom is -0.327 e. The Morgan fingerprint density at radius 2 is 1.93 bits per heavy atom. The fraction of sp³-hybridized carbons (Fsp3) is 0.375. The number of ketones is 1. The first-order chi connectivity index (χ1) is 14.5. The van der Waals surface area contributed by atoms with Crippen LogP contribution in [0.4, 0.5) is 0 Å². The van der Waals surface area contributed by atoms with Crippen LogP contribution in [0.3, 0.4) is 0 Å². The van der Waals surface area contributed by atoms with Crippen molar-refractivity contribution in [2.75, 3.05) is 6.54 Å². The molecule has 5 nitrogen and oxygen atoms in total. The van der Waals surface area contributed by atoms with Crippen LogP contribution in [-0.4, -0.2) is 40.1 Å². The van der Waals surface area contributed by atoms with Crippen molar-refractivity contribution in [2.45, 2.75) is 44.3 Å². The van der Waals surface area contributed by atoms with Gasteiger partial charge in [-0.1, -0.05) is 48.0 Å². The summed E-state index contributed by atoms with van der Waals surface area (Å²) < 4.78 is 0. The van der Waals surface area contributed by atoms with E-state index in [-0.39, 0.29) is 36.2 Å². The van der Waals surface area contributed by atoms with Crippen LogP contribution in [0.25, 0.3) is 0 Å². The second-order valence-electron chi connectivity index (χ2n) is 8.20. The lowest BCUT2D eigenvalue weighted by molar-refractivity contribution is -0.121. The zero-order valence-electron chi connectivity index (χ0n) is 16.7. The fourth-order valence-corrected chi connectivity index (χ4v) is 5.06. The van der Waals surface area contributed by atoms with E-state index < -0.39 is 0 Å². The fourth-order valence-electron chi connectivity index (χ4n) is 4.87. The van der Waals surface area contributed by atoms with Gasteiger partial charge in [-0.3, -0.25) is 9.59 Å². The molecule has 30 heavy (non-hydrogen) atoms. The number of Topliss-reactive ketones (excluding diaryl/α,β-unsaturated/α-hetero) is 1. The van der Waals surface area contributed by atoms with Gasteiger partial charge in [0, 0.05) is 35.6 Å². The van der Waals surface area contributed by atoms with Crippen molar-refractivity contribution in [3.8, 4) is 6.19 Å². The molecule has 0 radical (unpaired) electrons. The van der Waals surface area contributed by atoms with Crippen LogP contribution in [0.5, 0.6) is 0 Å². The second kappa shape index (κ2) is 8.89. The van der Waals surface area contributed by atoms with Crippen molar-refractivity contribution < 1.29 is 9.59 Å². The third-order valence-corrected chi connectivity index (χ3v) is 6.45. The van der Waals surface area contributed by atoms with Crippen LogP contribution in [0.2, 0.25) is 5.02 Å². The van der Waals surface area contributed by atoms with Crippen LogP contribution >= 0.6 is 11.6 Å². The average molecular weight is 422 g/mol. The molecular formula is C24H24ClN3O2. The van der Waals surface area contributed by atoms with E-state index in [1.165, 1.54) is 0 Å². The van der Waals surface area contributed by atoms with E-state index in [0.717, 1.165) is 24.8 Å². The van der Waals surface area contributed by atoms with Gasteiger partial charge in [-0.2, -0.15) is 5.26 Å². The topological polar surface area (TPSA) is 64.4 Å². The van der Waals surface area contributed by atoms with Gasteiger partial charge in [0.25, 0.3) is 5.91 Å². The van der Waals surface area contributed by atoms with E-state index in [0.29, 0.717) is 23.6 Å². The van der Waals surface area contributed by atoms with E-state index in [1.54, 1.807) is 29.2 Å². The number of hydrogen-bond acceptors (Lipinski definition) is 4. The average Bonchev–Trinajstić information content (AvgIpc) is 3.30.